The van der Waals surface area contributed by atoms with Gasteiger partial charge in [0.05, 0.1) is 10.2 Å². The molecule has 4 rings (SSSR count). The molecule has 1 amide bonds. The number of rotatable bonds is 9. The molecule has 2 aromatic carbocycles. The highest BCUT2D eigenvalue weighted by Gasteiger charge is 2.19. The first-order valence-corrected chi connectivity index (χ1v) is 11.2. The zero-order chi connectivity index (χ0) is 20.1. The number of thiazole rings is 1. The second-order valence-electron chi connectivity index (χ2n) is 7.40. The van der Waals surface area contributed by atoms with Crippen molar-refractivity contribution in [2.24, 2.45) is 0 Å². The Labute approximate surface area is 175 Å². The van der Waals surface area contributed by atoms with Gasteiger partial charge >= 0.3 is 0 Å². The summed E-state index contributed by atoms with van der Waals surface area (Å²) in [5, 5.41) is 0.672. The van der Waals surface area contributed by atoms with E-state index >= 15 is 0 Å². The molecule has 5 nitrogen and oxygen atoms in total. The first-order chi connectivity index (χ1) is 14.2. The van der Waals surface area contributed by atoms with Crippen molar-refractivity contribution in [1.29, 1.82) is 0 Å². The summed E-state index contributed by atoms with van der Waals surface area (Å²) in [6.45, 7) is 6.91. The summed E-state index contributed by atoms with van der Waals surface area (Å²) in [5.41, 5.74) is 2.24. The fourth-order valence-electron chi connectivity index (χ4n) is 3.69. The fraction of sp³-hybridized carbons (Fsp3) is 0.391. The number of hydrogen-bond donors (Lipinski definition) is 0. The van der Waals surface area contributed by atoms with Crippen LogP contribution in [-0.4, -0.2) is 46.9 Å². The van der Waals surface area contributed by atoms with Gasteiger partial charge in [-0.15, -0.1) is 0 Å². The molecule has 152 valence electrons. The molecule has 1 aliphatic rings. The van der Waals surface area contributed by atoms with E-state index in [9.17, 15) is 4.79 Å². The second kappa shape index (κ2) is 9.37. The van der Waals surface area contributed by atoms with Crippen LogP contribution >= 0.6 is 11.3 Å². The van der Waals surface area contributed by atoms with Crippen molar-refractivity contribution in [2.45, 2.75) is 32.7 Å². The lowest BCUT2D eigenvalue weighted by atomic mass is 10.2. The third-order valence-corrected chi connectivity index (χ3v) is 6.24. The van der Waals surface area contributed by atoms with Gasteiger partial charge in [-0.1, -0.05) is 42.5 Å². The highest BCUT2D eigenvalue weighted by atomic mass is 32.1. The molecule has 0 radical (unpaired) electrons. The highest BCUT2D eigenvalue weighted by Crippen LogP contribution is 2.31. The molecule has 0 atom stereocenters. The van der Waals surface area contributed by atoms with E-state index in [-0.39, 0.29) is 0 Å². The van der Waals surface area contributed by atoms with Crippen LogP contribution in [-0.2, 0) is 11.3 Å². The van der Waals surface area contributed by atoms with Crippen molar-refractivity contribution >= 4 is 27.5 Å². The van der Waals surface area contributed by atoms with Crippen LogP contribution in [0, 0.1) is 0 Å². The summed E-state index contributed by atoms with van der Waals surface area (Å²) in [4.78, 5) is 20.7. The molecule has 2 heterocycles. The number of hydrogen-bond acceptors (Lipinski definition) is 5. The topological polar surface area (TPSA) is 45.7 Å². The minimum atomic E-state index is 0.316. The molecule has 29 heavy (non-hydrogen) atoms. The minimum absolute atomic E-state index is 0.316. The number of carbonyl (C=O) groups excluding carboxylic acids is 1. The maximum absolute atomic E-state index is 11.7. The molecule has 1 fully saturated rings. The summed E-state index contributed by atoms with van der Waals surface area (Å²) in [6, 6.07) is 16.3. The van der Waals surface area contributed by atoms with Gasteiger partial charge in [-0.05, 0) is 49.2 Å². The van der Waals surface area contributed by atoms with E-state index < -0.39 is 0 Å². The molecule has 0 aliphatic carbocycles. The van der Waals surface area contributed by atoms with Crippen molar-refractivity contribution in [3.8, 4) is 10.9 Å². The van der Waals surface area contributed by atoms with Gasteiger partial charge in [-0.2, -0.15) is 0 Å². The number of ether oxygens (including phenoxy) is 1. The third kappa shape index (κ3) is 5.14. The van der Waals surface area contributed by atoms with E-state index in [0.29, 0.717) is 11.1 Å². The lowest BCUT2D eigenvalue weighted by molar-refractivity contribution is -0.127. The molecule has 1 saturated heterocycles. The van der Waals surface area contributed by atoms with Crippen LogP contribution in [0.1, 0.15) is 31.7 Å². The molecule has 0 unspecified atom stereocenters. The SMILES string of the molecule is CCN(CCCN1CCCC1=O)Cc1ccc(Oc2nc3ccccc3s2)cc1. The number of para-hydroxylation sites is 1. The smallest absolute Gasteiger partial charge is 0.279 e. The number of benzene rings is 2. The lowest BCUT2D eigenvalue weighted by Gasteiger charge is -2.22. The number of carbonyl (C=O) groups is 1. The lowest BCUT2D eigenvalue weighted by Crippen LogP contribution is -2.30. The first-order valence-electron chi connectivity index (χ1n) is 10.3. The average Bonchev–Trinajstić information content (AvgIpc) is 3.34. The molecule has 6 heteroatoms. The average molecular weight is 410 g/mol. The van der Waals surface area contributed by atoms with E-state index in [2.05, 4.69) is 35.0 Å². The number of amides is 1. The molecular formula is C23H27N3O2S. The number of likely N-dealkylation sites (tertiary alicyclic amines) is 1. The van der Waals surface area contributed by atoms with Crippen molar-refractivity contribution in [3.63, 3.8) is 0 Å². The van der Waals surface area contributed by atoms with Crippen LogP contribution in [0.25, 0.3) is 10.2 Å². The summed E-state index contributed by atoms with van der Waals surface area (Å²) >= 11 is 1.56. The highest BCUT2D eigenvalue weighted by molar-refractivity contribution is 7.20. The fourth-order valence-corrected chi connectivity index (χ4v) is 4.53. The molecule has 0 bridgehead atoms. The Balaban J connectivity index is 1.28. The maximum Gasteiger partial charge on any atom is 0.279 e. The van der Waals surface area contributed by atoms with Gasteiger partial charge in [0.2, 0.25) is 5.91 Å². The van der Waals surface area contributed by atoms with E-state index in [1.807, 2.05) is 35.2 Å². The quantitative estimate of drug-likeness (QED) is 0.503. The van der Waals surface area contributed by atoms with Crippen LogP contribution < -0.4 is 4.74 Å². The predicted octanol–water partition coefficient (Wildman–Crippen LogP) is 4.92. The Hall–Kier alpha value is -2.44. The van der Waals surface area contributed by atoms with Crippen LogP contribution in [0.3, 0.4) is 0 Å². The van der Waals surface area contributed by atoms with E-state index in [1.54, 1.807) is 11.3 Å². The molecule has 1 aromatic heterocycles. The standard InChI is InChI=1S/C23H27N3O2S/c1-2-25(14-6-16-26-15-5-9-22(26)27)17-18-10-12-19(13-11-18)28-23-24-20-7-3-4-8-21(20)29-23/h3-4,7-8,10-13H,2,5-6,9,14-17H2,1H3. The number of aromatic nitrogens is 1. The Bertz CT molecular complexity index is 921. The van der Waals surface area contributed by atoms with Crippen molar-refractivity contribution in [3.05, 3.63) is 54.1 Å². The molecule has 0 saturated carbocycles. The van der Waals surface area contributed by atoms with E-state index in [4.69, 9.17) is 4.74 Å². The molecule has 3 aromatic rings. The molecule has 0 N–H and O–H groups in total. The van der Waals surface area contributed by atoms with Crippen molar-refractivity contribution < 1.29 is 9.53 Å². The molecule has 1 aliphatic heterocycles. The van der Waals surface area contributed by atoms with E-state index in [1.165, 1.54) is 5.56 Å². The van der Waals surface area contributed by atoms with Crippen LogP contribution in [0.4, 0.5) is 0 Å². The van der Waals surface area contributed by atoms with Gasteiger partial charge in [0.15, 0.2) is 0 Å². The first kappa shape index (κ1) is 19.9. The van der Waals surface area contributed by atoms with Gasteiger partial charge in [0.1, 0.15) is 5.75 Å². The van der Waals surface area contributed by atoms with Crippen LogP contribution in [0.5, 0.6) is 10.9 Å². The van der Waals surface area contributed by atoms with Crippen LogP contribution in [0.15, 0.2) is 48.5 Å². The second-order valence-corrected chi connectivity index (χ2v) is 8.39. The summed E-state index contributed by atoms with van der Waals surface area (Å²) in [6.07, 6.45) is 2.77. The Morgan fingerprint density at radius 3 is 2.72 bits per heavy atom. The monoisotopic (exact) mass is 409 g/mol. The Kier molecular flexibility index (Phi) is 6.42. The van der Waals surface area contributed by atoms with Gasteiger partial charge in [-0.25, -0.2) is 4.98 Å². The van der Waals surface area contributed by atoms with E-state index in [0.717, 1.165) is 68.0 Å². The zero-order valence-corrected chi connectivity index (χ0v) is 17.7. The predicted molar refractivity (Wildman–Crippen MR) is 118 cm³/mol. The van der Waals surface area contributed by atoms with Crippen molar-refractivity contribution in [2.75, 3.05) is 26.2 Å². The van der Waals surface area contributed by atoms with Gasteiger partial charge in [0, 0.05) is 32.6 Å². The van der Waals surface area contributed by atoms with Crippen molar-refractivity contribution in [1.82, 2.24) is 14.8 Å². The van der Waals surface area contributed by atoms with Crippen LogP contribution in [0.2, 0.25) is 0 Å². The summed E-state index contributed by atoms with van der Waals surface area (Å²) in [7, 11) is 0. The Morgan fingerprint density at radius 2 is 2.00 bits per heavy atom. The summed E-state index contributed by atoms with van der Waals surface area (Å²) in [5.74, 6) is 1.13. The van der Waals surface area contributed by atoms with Gasteiger partial charge in [-0.3, -0.25) is 9.69 Å². The largest absolute Gasteiger partial charge is 0.431 e. The van der Waals surface area contributed by atoms with Gasteiger partial charge in [0.25, 0.3) is 5.19 Å². The third-order valence-electron chi connectivity index (χ3n) is 5.33. The minimum Gasteiger partial charge on any atom is -0.431 e. The number of nitrogens with zero attached hydrogens (tertiary/aromatic N) is 3. The Morgan fingerprint density at radius 1 is 1.17 bits per heavy atom. The molecular weight excluding hydrogens is 382 g/mol. The summed E-state index contributed by atoms with van der Waals surface area (Å²) < 4.78 is 7.07. The normalized spacial score (nSPS) is 14.3. The maximum atomic E-state index is 11.7. The molecule has 0 spiro atoms. The number of fused-ring (bicyclic) bond motifs is 1. The zero-order valence-electron chi connectivity index (χ0n) is 16.8. The van der Waals surface area contributed by atoms with Gasteiger partial charge < -0.3 is 9.64 Å².